The number of para-hydroxylation sites is 5. The fraction of sp³-hybridized carbons (Fsp3) is 0. The Labute approximate surface area is 341 Å². The van der Waals surface area contributed by atoms with E-state index >= 15 is 0 Å². The Bertz CT molecular complexity index is 3420. The van der Waals surface area contributed by atoms with Crippen LogP contribution in [-0.4, -0.2) is 4.57 Å². The van der Waals surface area contributed by atoms with Crippen molar-refractivity contribution < 1.29 is 4.42 Å². The van der Waals surface area contributed by atoms with Crippen LogP contribution in [0, 0.1) is 11.3 Å². The van der Waals surface area contributed by atoms with E-state index in [4.69, 9.17) is 4.42 Å². The Morgan fingerprint density at radius 3 is 1.92 bits per heavy atom. The molecule has 11 rings (SSSR count). The van der Waals surface area contributed by atoms with Crippen LogP contribution in [0.2, 0.25) is 0 Å². The van der Waals surface area contributed by atoms with Crippen molar-refractivity contribution in [1.29, 1.82) is 5.26 Å². The molecule has 2 heterocycles. The molecule has 2 aromatic heterocycles. The van der Waals surface area contributed by atoms with Crippen LogP contribution < -0.4 is 5.32 Å². The van der Waals surface area contributed by atoms with Crippen LogP contribution in [0.5, 0.6) is 0 Å². The number of aromatic nitrogens is 1. The highest BCUT2D eigenvalue weighted by atomic mass is 16.3. The summed E-state index contributed by atoms with van der Waals surface area (Å²) < 4.78 is 8.82. The van der Waals surface area contributed by atoms with E-state index in [2.05, 4.69) is 180 Å². The maximum Gasteiger partial charge on any atom is 0.143 e. The summed E-state index contributed by atoms with van der Waals surface area (Å²) in [4.78, 5) is 0. The fourth-order valence-electron chi connectivity index (χ4n) is 8.61. The summed E-state index contributed by atoms with van der Waals surface area (Å²) in [5.74, 6) is 0. The zero-order valence-corrected chi connectivity index (χ0v) is 31.9. The highest BCUT2D eigenvalue weighted by Gasteiger charge is 2.18. The molecule has 0 bridgehead atoms. The highest BCUT2D eigenvalue weighted by Crippen LogP contribution is 2.41. The van der Waals surface area contributed by atoms with Gasteiger partial charge in [-0.1, -0.05) is 127 Å². The number of nitrogens with one attached hydrogen (secondary N) is 1. The molecule has 0 aliphatic carbocycles. The molecule has 0 atom stereocenters. The minimum absolute atomic E-state index is 0.616. The molecule has 0 aliphatic heterocycles. The van der Waals surface area contributed by atoms with Gasteiger partial charge < -0.3 is 14.3 Å². The summed E-state index contributed by atoms with van der Waals surface area (Å²) in [7, 11) is 0. The first-order valence-corrected chi connectivity index (χ1v) is 19.8. The molecule has 4 nitrogen and oxygen atoms in total. The topological polar surface area (TPSA) is 53.9 Å². The van der Waals surface area contributed by atoms with Gasteiger partial charge in [0.1, 0.15) is 11.2 Å². The molecular formula is C55H35N3O. The van der Waals surface area contributed by atoms with Gasteiger partial charge in [0.2, 0.25) is 0 Å². The van der Waals surface area contributed by atoms with Gasteiger partial charge in [-0.05, 0) is 112 Å². The summed E-state index contributed by atoms with van der Waals surface area (Å²) >= 11 is 0. The first-order valence-electron chi connectivity index (χ1n) is 19.8. The van der Waals surface area contributed by atoms with Crippen LogP contribution >= 0.6 is 0 Å². The minimum atomic E-state index is 0.616. The van der Waals surface area contributed by atoms with Gasteiger partial charge in [-0.2, -0.15) is 5.26 Å². The van der Waals surface area contributed by atoms with Gasteiger partial charge in [0.15, 0.2) is 0 Å². The van der Waals surface area contributed by atoms with Crippen LogP contribution in [-0.2, 0) is 0 Å². The maximum absolute atomic E-state index is 10.3. The molecule has 0 spiro atoms. The molecule has 0 saturated heterocycles. The predicted octanol–water partition coefficient (Wildman–Crippen LogP) is 15.0. The van der Waals surface area contributed by atoms with E-state index in [1.807, 2.05) is 42.5 Å². The molecule has 0 aliphatic rings. The summed E-state index contributed by atoms with van der Waals surface area (Å²) in [5.41, 5.74) is 16.2. The lowest BCUT2D eigenvalue weighted by atomic mass is 9.93. The van der Waals surface area contributed by atoms with E-state index < -0.39 is 0 Å². The Morgan fingerprint density at radius 2 is 1.07 bits per heavy atom. The smallest absolute Gasteiger partial charge is 0.143 e. The number of anilines is 2. The van der Waals surface area contributed by atoms with Crippen molar-refractivity contribution in [3.05, 3.63) is 212 Å². The number of furan rings is 1. The minimum Gasteiger partial charge on any atom is -0.455 e. The average Bonchev–Trinajstić information content (AvgIpc) is 3.85. The Morgan fingerprint density at radius 1 is 0.424 bits per heavy atom. The molecule has 0 amide bonds. The molecule has 0 radical (unpaired) electrons. The van der Waals surface area contributed by atoms with Crippen molar-refractivity contribution in [3.8, 4) is 56.3 Å². The zero-order chi connectivity index (χ0) is 39.3. The van der Waals surface area contributed by atoms with E-state index in [-0.39, 0.29) is 0 Å². The Kier molecular flexibility index (Phi) is 8.17. The van der Waals surface area contributed by atoms with Crippen molar-refractivity contribution in [2.24, 2.45) is 0 Å². The molecule has 0 unspecified atom stereocenters. The van der Waals surface area contributed by atoms with E-state index in [0.29, 0.717) is 5.56 Å². The first-order chi connectivity index (χ1) is 29.2. The lowest BCUT2D eigenvalue weighted by Gasteiger charge is -2.14. The second-order valence-corrected chi connectivity index (χ2v) is 14.9. The number of nitriles is 1. The van der Waals surface area contributed by atoms with Crippen molar-refractivity contribution in [1.82, 2.24) is 4.57 Å². The van der Waals surface area contributed by atoms with E-state index in [9.17, 15) is 5.26 Å². The van der Waals surface area contributed by atoms with Gasteiger partial charge in [0, 0.05) is 49.7 Å². The molecule has 1 N–H and O–H groups in total. The van der Waals surface area contributed by atoms with Gasteiger partial charge in [-0.3, -0.25) is 0 Å². The van der Waals surface area contributed by atoms with E-state index in [1.54, 1.807) is 0 Å². The highest BCUT2D eigenvalue weighted by molar-refractivity contribution is 6.13. The van der Waals surface area contributed by atoms with Crippen LogP contribution in [0.3, 0.4) is 0 Å². The van der Waals surface area contributed by atoms with Gasteiger partial charge in [-0.15, -0.1) is 0 Å². The summed E-state index contributed by atoms with van der Waals surface area (Å²) in [6, 6.07) is 74.4. The molecule has 276 valence electrons. The van der Waals surface area contributed by atoms with Crippen LogP contribution in [0.4, 0.5) is 11.4 Å². The normalized spacial score (nSPS) is 11.4. The predicted molar refractivity (Wildman–Crippen MR) is 244 cm³/mol. The van der Waals surface area contributed by atoms with Gasteiger partial charge in [0.05, 0.1) is 22.7 Å². The average molecular weight is 754 g/mol. The fourth-order valence-corrected chi connectivity index (χ4v) is 8.61. The second kappa shape index (κ2) is 14.1. The SMILES string of the molecule is N#Cc1cc(-c2cccc(-c3ccccc3Nc3ccccc3)c2)cc(-c2ccc3c(c2)c2ccc(-c4cccc5c4oc4ccccc45)cc2n3-c2ccccc2)c1. The molecule has 11 aromatic rings. The summed E-state index contributed by atoms with van der Waals surface area (Å²) in [6.45, 7) is 0. The van der Waals surface area contributed by atoms with Gasteiger partial charge in [-0.25, -0.2) is 0 Å². The molecular weight excluding hydrogens is 719 g/mol. The Balaban J connectivity index is 1.03. The van der Waals surface area contributed by atoms with Crippen molar-refractivity contribution in [3.63, 3.8) is 0 Å². The molecule has 59 heavy (non-hydrogen) atoms. The number of rotatable bonds is 7. The Hall–Kier alpha value is -8.13. The first kappa shape index (κ1) is 34.1. The van der Waals surface area contributed by atoms with E-state index in [1.165, 1.54) is 0 Å². The zero-order valence-electron chi connectivity index (χ0n) is 31.9. The third-order valence-electron chi connectivity index (χ3n) is 11.4. The quantitative estimate of drug-likeness (QED) is 0.176. The molecule has 0 saturated carbocycles. The maximum atomic E-state index is 10.3. The van der Waals surface area contributed by atoms with Gasteiger partial charge >= 0.3 is 0 Å². The third kappa shape index (κ3) is 6.01. The van der Waals surface area contributed by atoms with Crippen molar-refractivity contribution in [2.75, 3.05) is 5.32 Å². The molecule has 9 aromatic carbocycles. The lowest BCUT2D eigenvalue weighted by Crippen LogP contribution is -1.93. The van der Waals surface area contributed by atoms with Crippen LogP contribution in [0.25, 0.3) is 93.9 Å². The van der Waals surface area contributed by atoms with Crippen LogP contribution in [0.15, 0.2) is 211 Å². The molecule has 0 fully saturated rings. The van der Waals surface area contributed by atoms with Gasteiger partial charge in [0.25, 0.3) is 0 Å². The summed E-state index contributed by atoms with van der Waals surface area (Å²) in [6.07, 6.45) is 0. The number of hydrogen-bond donors (Lipinski definition) is 1. The number of hydrogen-bond acceptors (Lipinski definition) is 3. The van der Waals surface area contributed by atoms with E-state index in [0.717, 1.165) is 105 Å². The molecule has 4 heteroatoms. The number of fused-ring (bicyclic) bond motifs is 6. The van der Waals surface area contributed by atoms with Crippen LogP contribution in [0.1, 0.15) is 5.56 Å². The lowest BCUT2D eigenvalue weighted by molar-refractivity contribution is 0.670. The second-order valence-electron chi connectivity index (χ2n) is 14.9. The van der Waals surface area contributed by atoms with Crippen molar-refractivity contribution >= 4 is 55.1 Å². The summed E-state index contributed by atoms with van der Waals surface area (Å²) in [5, 5.41) is 18.4. The standard InChI is InChI=1S/C55H35N3O/c56-35-36-29-41(37-13-11-14-39(31-37)45-19-7-9-23-51(45)57-43-15-3-1-4-16-43)32-42(30-36)38-26-28-52-50(33-38)47-27-25-40(34-53(47)58(52)44-17-5-2-6-18-44)46-21-12-22-49-48-20-8-10-24-54(48)59-55(46)49/h1-34,57H. The third-order valence-corrected chi connectivity index (χ3v) is 11.4. The largest absolute Gasteiger partial charge is 0.455 e. The monoisotopic (exact) mass is 753 g/mol. The number of nitrogens with zero attached hydrogens (tertiary/aromatic N) is 2. The number of benzene rings is 9. The van der Waals surface area contributed by atoms with Crippen molar-refractivity contribution in [2.45, 2.75) is 0 Å².